The third kappa shape index (κ3) is 3.03. The number of carbonyl (C=O) groups is 1. The van der Waals surface area contributed by atoms with E-state index in [1.165, 1.54) is 0 Å². The standard InChI is InChI=1S/C14H15ClN2O3/c15-11-1-2-12(10(7-11)8-16)17-9-14(13(18)19)3-5-20-6-4-14/h1-2,7,17H,3-6,9H2,(H,18,19). The van der Waals surface area contributed by atoms with Gasteiger partial charge in [0.05, 0.1) is 16.7 Å². The van der Waals surface area contributed by atoms with Crippen LogP contribution in [0.5, 0.6) is 0 Å². The summed E-state index contributed by atoms with van der Waals surface area (Å²) in [6, 6.07) is 6.96. The number of nitrogens with zero attached hydrogens (tertiary/aromatic N) is 1. The van der Waals surface area contributed by atoms with Crippen LogP contribution in [0.25, 0.3) is 0 Å². The summed E-state index contributed by atoms with van der Waals surface area (Å²) in [6.45, 7) is 1.15. The summed E-state index contributed by atoms with van der Waals surface area (Å²) in [5, 5.41) is 22.1. The molecule has 1 aromatic rings. The molecule has 2 rings (SSSR count). The van der Waals surface area contributed by atoms with Crippen LogP contribution in [0, 0.1) is 16.7 Å². The molecule has 0 bridgehead atoms. The molecule has 1 aliphatic heterocycles. The van der Waals surface area contributed by atoms with Crippen LogP contribution in [0.2, 0.25) is 5.02 Å². The molecule has 0 amide bonds. The van der Waals surface area contributed by atoms with Crippen LogP contribution in [-0.2, 0) is 9.53 Å². The average molecular weight is 295 g/mol. The Morgan fingerprint density at radius 2 is 2.20 bits per heavy atom. The van der Waals surface area contributed by atoms with Crippen LogP contribution in [0.15, 0.2) is 18.2 Å². The molecule has 20 heavy (non-hydrogen) atoms. The Balaban J connectivity index is 2.14. The lowest BCUT2D eigenvalue weighted by Gasteiger charge is -2.33. The lowest BCUT2D eigenvalue weighted by atomic mass is 9.80. The molecule has 0 spiro atoms. The van der Waals surface area contributed by atoms with E-state index in [2.05, 4.69) is 5.32 Å². The molecule has 0 radical (unpaired) electrons. The van der Waals surface area contributed by atoms with E-state index in [0.717, 1.165) is 0 Å². The van der Waals surface area contributed by atoms with Crippen LogP contribution in [0.3, 0.4) is 0 Å². The van der Waals surface area contributed by atoms with Gasteiger partial charge in [-0.05, 0) is 31.0 Å². The highest BCUT2D eigenvalue weighted by Gasteiger charge is 2.40. The highest BCUT2D eigenvalue weighted by molar-refractivity contribution is 6.30. The second-order valence-corrected chi connectivity index (χ2v) is 5.29. The smallest absolute Gasteiger partial charge is 0.311 e. The Bertz CT molecular complexity index is 548. The molecule has 0 atom stereocenters. The van der Waals surface area contributed by atoms with Gasteiger partial charge in [0, 0.05) is 24.8 Å². The van der Waals surface area contributed by atoms with E-state index in [-0.39, 0.29) is 6.54 Å². The van der Waals surface area contributed by atoms with E-state index in [1.54, 1.807) is 18.2 Å². The van der Waals surface area contributed by atoms with Crippen LogP contribution in [-0.4, -0.2) is 30.8 Å². The van der Waals surface area contributed by atoms with Crippen molar-refractivity contribution in [3.05, 3.63) is 28.8 Å². The maximum atomic E-state index is 11.5. The van der Waals surface area contributed by atoms with Crippen molar-refractivity contribution < 1.29 is 14.6 Å². The highest BCUT2D eigenvalue weighted by Crippen LogP contribution is 2.32. The van der Waals surface area contributed by atoms with Gasteiger partial charge in [0.15, 0.2) is 0 Å². The molecule has 1 saturated heterocycles. The summed E-state index contributed by atoms with van der Waals surface area (Å²) in [5.74, 6) is -0.833. The number of nitriles is 1. The third-order valence-electron chi connectivity index (χ3n) is 3.62. The SMILES string of the molecule is N#Cc1cc(Cl)ccc1NCC1(C(=O)O)CCOCC1. The summed E-state index contributed by atoms with van der Waals surface area (Å²) in [4.78, 5) is 11.5. The number of hydrogen-bond donors (Lipinski definition) is 2. The Morgan fingerprint density at radius 1 is 1.50 bits per heavy atom. The van der Waals surface area contributed by atoms with E-state index in [4.69, 9.17) is 21.6 Å². The fraction of sp³-hybridized carbons (Fsp3) is 0.429. The Hall–Kier alpha value is -1.77. The highest BCUT2D eigenvalue weighted by atomic mass is 35.5. The molecule has 0 unspecified atom stereocenters. The third-order valence-corrected chi connectivity index (χ3v) is 3.86. The molecule has 2 N–H and O–H groups in total. The molecular weight excluding hydrogens is 280 g/mol. The van der Waals surface area contributed by atoms with Gasteiger partial charge in [0.2, 0.25) is 0 Å². The van der Waals surface area contributed by atoms with E-state index < -0.39 is 11.4 Å². The van der Waals surface area contributed by atoms with Crippen molar-refractivity contribution in [1.29, 1.82) is 5.26 Å². The summed E-state index contributed by atoms with van der Waals surface area (Å²) in [5.41, 5.74) is 0.166. The van der Waals surface area contributed by atoms with Crippen molar-refractivity contribution >= 4 is 23.3 Å². The van der Waals surface area contributed by atoms with Gasteiger partial charge in [-0.3, -0.25) is 4.79 Å². The number of rotatable bonds is 4. The minimum absolute atomic E-state index is 0.266. The molecule has 106 valence electrons. The number of anilines is 1. The van der Waals surface area contributed by atoms with Crippen molar-refractivity contribution in [2.75, 3.05) is 25.1 Å². The number of benzene rings is 1. The van der Waals surface area contributed by atoms with Crippen molar-refractivity contribution in [3.63, 3.8) is 0 Å². The largest absolute Gasteiger partial charge is 0.481 e. The van der Waals surface area contributed by atoms with Crippen LogP contribution >= 0.6 is 11.6 Å². The topological polar surface area (TPSA) is 82.4 Å². The van der Waals surface area contributed by atoms with Crippen molar-refractivity contribution in [2.45, 2.75) is 12.8 Å². The molecule has 0 aliphatic carbocycles. The molecule has 1 aliphatic rings. The van der Waals surface area contributed by atoms with Crippen LogP contribution in [0.1, 0.15) is 18.4 Å². The van der Waals surface area contributed by atoms with Gasteiger partial charge < -0.3 is 15.2 Å². The Labute approximate surface area is 122 Å². The number of aliphatic carboxylic acids is 1. The predicted molar refractivity (Wildman–Crippen MR) is 74.8 cm³/mol. The van der Waals surface area contributed by atoms with Gasteiger partial charge in [-0.25, -0.2) is 0 Å². The maximum absolute atomic E-state index is 11.5. The molecule has 1 aromatic carbocycles. The molecule has 1 heterocycles. The normalized spacial score (nSPS) is 17.2. The molecule has 0 saturated carbocycles. The Morgan fingerprint density at radius 3 is 2.80 bits per heavy atom. The first kappa shape index (κ1) is 14.6. The monoisotopic (exact) mass is 294 g/mol. The van der Waals surface area contributed by atoms with Gasteiger partial charge in [-0.15, -0.1) is 0 Å². The fourth-order valence-electron chi connectivity index (χ4n) is 2.26. The zero-order chi connectivity index (χ0) is 14.6. The fourth-order valence-corrected chi connectivity index (χ4v) is 2.43. The maximum Gasteiger partial charge on any atom is 0.311 e. The molecule has 6 heteroatoms. The van der Waals surface area contributed by atoms with Gasteiger partial charge in [-0.1, -0.05) is 11.6 Å². The molecule has 5 nitrogen and oxygen atoms in total. The average Bonchev–Trinajstić information content (AvgIpc) is 2.46. The van der Waals surface area contributed by atoms with E-state index in [1.807, 2.05) is 6.07 Å². The number of nitrogens with one attached hydrogen (secondary N) is 1. The lowest BCUT2D eigenvalue weighted by Crippen LogP contribution is -2.42. The quantitative estimate of drug-likeness (QED) is 0.891. The first-order valence-electron chi connectivity index (χ1n) is 6.32. The van der Waals surface area contributed by atoms with E-state index in [9.17, 15) is 9.90 Å². The van der Waals surface area contributed by atoms with Gasteiger partial charge in [-0.2, -0.15) is 5.26 Å². The van der Waals surface area contributed by atoms with Crippen molar-refractivity contribution in [2.24, 2.45) is 5.41 Å². The molecular formula is C14H15ClN2O3. The zero-order valence-electron chi connectivity index (χ0n) is 10.9. The summed E-state index contributed by atoms with van der Waals surface area (Å²) >= 11 is 5.83. The van der Waals surface area contributed by atoms with E-state index in [0.29, 0.717) is 42.3 Å². The van der Waals surface area contributed by atoms with Crippen molar-refractivity contribution in [3.8, 4) is 6.07 Å². The number of ether oxygens (including phenoxy) is 1. The molecule has 1 fully saturated rings. The second-order valence-electron chi connectivity index (χ2n) is 4.85. The van der Waals surface area contributed by atoms with Gasteiger partial charge >= 0.3 is 5.97 Å². The number of carboxylic acid groups (broad SMARTS) is 1. The van der Waals surface area contributed by atoms with Crippen molar-refractivity contribution in [1.82, 2.24) is 0 Å². The lowest BCUT2D eigenvalue weighted by molar-refractivity contribution is -0.153. The zero-order valence-corrected chi connectivity index (χ0v) is 11.6. The van der Waals surface area contributed by atoms with Gasteiger partial charge in [0.1, 0.15) is 6.07 Å². The summed E-state index contributed by atoms with van der Waals surface area (Å²) < 4.78 is 5.23. The van der Waals surface area contributed by atoms with Crippen LogP contribution < -0.4 is 5.32 Å². The molecule has 0 aromatic heterocycles. The number of carboxylic acids is 1. The minimum atomic E-state index is -0.843. The minimum Gasteiger partial charge on any atom is -0.481 e. The summed E-state index contributed by atoms with van der Waals surface area (Å²) in [6.07, 6.45) is 0.926. The first-order valence-corrected chi connectivity index (χ1v) is 6.70. The number of hydrogen-bond acceptors (Lipinski definition) is 4. The second kappa shape index (κ2) is 6.12. The van der Waals surface area contributed by atoms with Gasteiger partial charge in [0.25, 0.3) is 0 Å². The Kier molecular flexibility index (Phi) is 4.48. The number of halogens is 1. The predicted octanol–water partition coefficient (Wildman–Crippen LogP) is 2.50. The van der Waals surface area contributed by atoms with E-state index >= 15 is 0 Å². The summed E-state index contributed by atoms with van der Waals surface area (Å²) in [7, 11) is 0. The first-order chi connectivity index (χ1) is 9.57. The van der Waals surface area contributed by atoms with Crippen LogP contribution in [0.4, 0.5) is 5.69 Å².